The Bertz CT molecular complexity index is 558. The van der Waals surface area contributed by atoms with Gasteiger partial charge in [-0.05, 0) is 24.0 Å². The van der Waals surface area contributed by atoms with Gasteiger partial charge in [0.25, 0.3) is 0 Å². The molecule has 0 spiro atoms. The maximum absolute atomic E-state index is 11.5. The number of hydrogen-bond donors (Lipinski definition) is 2. The van der Waals surface area contributed by atoms with E-state index in [4.69, 9.17) is 0 Å². The number of nitrogens with one attached hydrogen (secondary N) is 1. The molecule has 2 aromatic rings. The van der Waals surface area contributed by atoms with Crippen LogP contribution >= 0.6 is 0 Å². The molecule has 3 rings (SSSR count). The summed E-state index contributed by atoms with van der Waals surface area (Å²) in [6.45, 7) is 0. The smallest absolute Gasteiger partial charge is 0.328 e. The Labute approximate surface area is 92.2 Å². The van der Waals surface area contributed by atoms with Crippen LogP contribution in [0.1, 0.15) is 17.2 Å². The Hall–Kier alpha value is -1.97. The number of aromatic amines is 1. The normalized spacial score (nSPS) is 15.2. The first-order valence-corrected chi connectivity index (χ1v) is 5.31. The maximum Gasteiger partial charge on any atom is 0.328 e. The SMILES string of the molecule is O=c1[nH]c(O)cn1C1Cc2ccccc2C1. The van der Waals surface area contributed by atoms with Crippen LogP contribution in [0.25, 0.3) is 0 Å². The van der Waals surface area contributed by atoms with Crippen molar-refractivity contribution in [2.45, 2.75) is 18.9 Å². The van der Waals surface area contributed by atoms with Crippen molar-refractivity contribution in [2.24, 2.45) is 0 Å². The van der Waals surface area contributed by atoms with E-state index in [0.717, 1.165) is 12.8 Å². The molecule has 1 aliphatic carbocycles. The number of rotatable bonds is 1. The molecule has 0 aliphatic heterocycles. The Balaban J connectivity index is 1.97. The Morgan fingerprint density at radius 2 is 1.88 bits per heavy atom. The minimum absolute atomic E-state index is 0.0686. The van der Waals surface area contributed by atoms with Gasteiger partial charge in [-0.3, -0.25) is 9.55 Å². The summed E-state index contributed by atoms with van der Waals surface area (Å²) in [5, 5.41) is 9.23. The molecule has 4 nitrogen and oxygen atoms in total. The molecule has 1 aromatic heterocycles. The molecule has 0 bridgehead atoms. The number of H-pyrrole nitrogens is 1. The maximum atomic E-state index is 11.5. The molecule has 0 unspecified atom stereocenters. The van der Waals surface area contributed by atoms with Crippen molar-refractivity contribution in [3.05, 3.63) is 52.1 Å². The second-order valence-corrected chi connectivity index (χ2v) is 4.18. The molecule has 0 amide bonds. The van der Waals surface area contributed by atoms with E-state index in [9.17, 15) is 9.90 Å². The number of aromatic nitrogens is 2. The van der Waals surface area contributed by atoms with Gasteiger partial charge in [0.05, 0.1) is 6.20 Å². The van der Waals surface area contributed by atoms with Gasteiger partial charge in [0.15, 0.2) is 0 Å². The van der Waals surface area contributed by atoms with Crippen LogP contribution < -0.4 is 5.69 Å². The summed E-state index contributed by atoms with van der Waals surface area (Å²) in [7, 11) is 0. The van der Waals surface area contributed by atoms with Crippen molar-refractivity contribution in [3.8, 4) is 5.88 Å². The van der Waals surface area contributed by atoms with Crippen molar-refractivity contribution >= 4 is 0 Å². The van der Waals surface area contributed by atoms with E-state index >= 15 is 0 Å². The van der Waals surface area contributed by atoms with E-state index in [1.165, 1.54) is 17.3 Å². The third-order valence-electron chi connectivity index (χ3n) is 3.15. The average Bonchev–Trinajstić information content (AvgIpc) is 2.81. The molecule has 1 aromatic carbocycles. The third-order valence-corrected chi connectivity index (χ3v) is 3.15. The first kappa shape index (κ1) is 9.27. The molecule has 1 aliphatic rings. The van der Waals surface area contributed by atoms with E-state index in [1.54, 1.807) is 4.57 Å². The first-order valence-electron chi connectivity index (χ1n) is 5.31. The molecule has 16 heavy (non-hydrogen) atoms. The van der Waals surface area contributed by atoms with Gasteiger partial charge in [0.2, 0.25) is 5.88 Å². The van der Waals surface area contributed by atoms with E-state index in [0.29, 0.717) is 0 Å². The molecule has 1 heterocycles. The second kappa shape index (κ2) is 3.27. The summed E-state index contributed by atoms with van der Waals surface area (Å²) in [5.41, 5.74) is 2.34. The molecule has 0 fully saturated rings. The molecule has 82 valence electrons. The van der Waals surface area contributed by atoms with Gasteiger partial charge in [-0.15, -0.1) is 0 Å². The van der Waals surface area contributed by atoms with Crippen molar-refractivity contribution in [3.63, 3.8) is 0 Å². The van der Waals surface area contributed by atoms with Crippen LogP contribution in [0.15, 0.2) is 35.3 Å². The van der Waals surface area contributed by atoms with Crippen molar-refractivity contribution in [1.29, 1.82) is 0 Å². The van der Waals surface area contributed by atoms with E-state index in [2.05, 4.69) is 17.1 Å². The fourth-order valence-corrected chi connectivity index (χ4v) is 2.40. The zero-order chi connectivity index (χ0) is 11.1. The number of fused-ring (bicyclic) bond motifs is 1. The van der Waals surface area contributed by atoms with Crippen molar-refractivity contribution < 1.29 is 5.11 Å². The van der Waals surface area contributed by atoms with Gasteiger partial charge in [0, 0.05) is 6.04 Å². The molecule has 0 radical (unpaired) electrons. The number of hydrogen-bond acceptors (Lipinski definition) is 2. The van der Waals surface area contributed by atoms with Crippen LogP contribution in [0.5, 0.6) is 5.88 Å². The highest BCUT2D eigenvalue weighted by Crippen LogP contribution is 2.29. The van der Waals surface area contributed by atoms with Gasteiger partial charge < -0.3 is 5.11 Å². The summed E-state index contributed by atoms with van der Waals surface area (Å²) in [5.74, 6) is -0.0686. The lowest BCUT2D eigenvalue weighted by Gasteiger charge is -2.08. The minimum atomic E-state index is -0.240. The van der Waals surface area contributed by atoms with Gasteiger partial charge in [-0.25, -0.2) is 4.79 Å². The monoisotopic (exact) mass is 216 g/mol. The van der Waals surface area contributed by atoms with Crippen LogP contribution in [-0.2, 0) is 12.8 Å². The van der Waals surface area contributed by atoms with Crippen LogP contribution in [0.2, 0.25) is 0 Å². The fraction of sp³-hybridized carbons (Fsp3) is 0.250. The fourth-order valence-electron chi connectivity index (χ4n) is 2.40. The zero-order valence-electron chi connectivity index (χ0n) is 8.68. The molecule has 4 heteroatoms. The number of nitrogens with zero attached hydrogens (tertiary/aromatic N) is 1. The number of imidazole rings is 1. The summed E-state index contributed by atoms with van der Waals surface area (Å²) < 4.78 is 1.58. The van der Waals surface area contributed by atoms with Gasteiger partial charge in [0.1, 0.15) is 0 Å². The largest absolute Gasteiger partial charge is 0.493 e. The Morgan fingerprint density at radius 3 is 2.38 bits per heavy atom. The lowest BCUT2D eigenvalue weighted by atomic mass is 10.1. The van der Waals surface area contributed by atoms with Gasteiger partial charge >= 0.3 is 5.69 Å². The zero-order valence-corrected chi connectivity index (χ0v) is 8.68. The molecular formula is C12H12N2O2. The standard InChI is InChI=1S/C12H12N2O2/c15-11-7-14(12(16)13-11)10-5-8-3-1-2-4-9(8)6-10/h1-4,7,10,15H,5-6H2,(H,13,16). The Kier molecular flexibility index (Phi) is 1.89. The minimum Gasteiger partial charge on any atom is -0.493 e. The van der Waals surface area contributed by atoms with Crippen LogP contribution in [0.4, 0.5) is 0 Å². The van der Waals surface area contributed by atoms with Crippen LogP contribution in [0, 0.1) is 0 Å². The topological polar surface area (TPSA) is 58.0 Å². The first-order chi connectivity index (χ1) is 7.74. The molecule has 0 saturated carbocycles. The van der Waals surface area contributed by atoms with Gasteiger partial charge in [-0.1, -0.05) is 24.3 Å². The molecule has 2 N–H and O–H groups in total. The number of aromatic hydroxyl groups is 1. The quantitative estimate of drug-likeness (QED) is 0.753. The molecule has 0 atom stereocenters. The average molecular weight is 216 g/mol. The Morgan fingerprint density at radius 1 is 1.25 bits per heavy atom. The van der Waals surface area contributed by atoms with E-state index in [1.807, 2.05) is 12.1 Å². The highest BCUT2D eigenvalue weighted by atomic mass is 16.3. The second-order valence-electron chi connectivity index (χ2n) is 4.18. The van der Waals surface area contributed by atoms with Crippen molar-refractivity contribution in [2.75, 3.05) is 0 Å². The van der Waals surface area contributed by atoms with Gasteiger partial charge in [-0.2, -0.15) is 0 Å². The van der Waals surface area contributed by atoms with E-state index in [-0.39, 0.29) is 17.6 Å². The van der Waals surface area contributed by atoms with Crippen LogP contribution in [-0.4, -0.2) is 14.7 Å². The highest BCUT2D eigenvalue weighted by molar-refractivity contribution is 5.33. The lowest BCUT2D eigenvalue weighted by Crippen LogP contribution is -2.21. The predicted octanol–water partition coefficient (Wildman–Crippen LogP) is 1.22. The van der Waals surface area contributed by atoms with Crippen molar-refractivity contribution in [1.82, 2.24) is 9.55 Å². The highest BCUT2D eigenvalue weighted by Gasteiger charge is 2.23. The number of benzene rings is 1. The van der Waals surface area contributed by atoms with E-state index < -0.39 is 0 Å². The lowest BCUT2D eigenvalue weighted by molar-refractivity contribution is 0.452. The summed E-state index contributed by atoms with van der Waals surface area (Å²) in [6.07, 6.45) is 3.18. The molecular weight excluding hydrogens is 204 g/mol. The van der Waals surface area contributed by atoms with Crippen LogP contribution in [0.3, 0.4) is 0 Å². The summed E-state index contributed by atoms with van der Waals surface area (Å²) >= 11 is 0. The molecule has 0 saturated heterocycles. The predicted molar refractivity (Wildman–Crippen MR) is 59.6 cm³/mol. The summed E-state index contributed by atoms with van der Waals surface area (Å²) in [4.78, 5) is 13.9. The summed E-state index contributed by atoms with van der Waals surface area (Å²) in [6, 6.07) is 8.33. The third kappa shape index (κ3) is 1.34.